The maximum Gasteiger partial charge on any atom is 0.232 e. The molecule has 122 valence electrons. The van der Waals surface area contributed by atoms with Crippen LogP contribution in [0.4, 0.5) is 5.69 Å². The highest BCUT2D eigenvalue weighted by Gasteiger charge is 2.35. The van der Waals surface area contributed by atoms with E-state index in [2.05, 4.69) is 0 Å². The molecule has 1 aliphatic heterocycles. The van der Waals surface area contributed by atoms with Crippen molar-refractivity contribution in [2.24, 2.45) is 5.92 Å². The van der Waals surface area contributed by atoms with Crippen LogP contribution in [0.25, 0.3) is 0 Å². The van der Waals surface area contributed by atoms with Crippen LogP contribution in [-0.4, -0.2) is 26.6 Å². The summed E-state index contributed by atoms with van der Waals surface area (Å²) in [5.41, 5.74) is 2.82. The summed E-state index contributed by atoms with van der Waals surface area (Å²) in [7, 11) is 1.71. The van der Waals surface area contributed by atoms with Crippen LogP contribution >= 0.6 is 22.3 Å². The third-order valence-corrected chi connectivity index (χ3v) is 5.56. The van der Waals surface area contributed by atoms with E-state index < -0.39 is 9.05 Å². The number of anilines is 1. The SMILES string of the molecule is CCc1ccc(Cl)c(CC)c1N1CC(CS(=O)(=O)Cl)CC1=O. The van der Waals surface area contributed by atoms with Crippen LogP contribution in [0.3, 0.4) is 0 Å². The van der Waals surface area contributed by atoms with Crippen molar-refractivity contribution < 1.29 is 13.2 Å². The van der Waals surface area contributed by atoms with Gasteiger partial charge >= 0.3 is 0 Å². The van der Waals surface area contributed by atoms with Crippen molar-refractivity contribution in [3.8, 4) is 0 Å². The first-order valence-electron chi connectivity index (χ1n) is 7.29. The minimum Gasteiger partial charge on any atom is -0.311 e. The van der Waals surface area contributed by atoms with Crippen LogP contribution in [0.5, 0.6) is 0 Å². The molecule has 2 rings (SSSR count). The van der Waals surface area contributed by atoms with E-state index in [1.165, 1.54) is 0 Å². The topological polar surface area (TPSA) is 54.5 Å². The molecule has 0 bridgehead atoms. The molecule has 1 saturated heterocycles. The summed E-state index contributed by atoms with van der Waals surface area (Å²) < 4.78 is 22.5. The van der Waals surface area contributed by atoms with Gasteiger partial charge in [0.1, 0.15) is 0 Å². The van der Waals surface area contributed by atoms with Crippen molar-refractivity contribution in [3.05, 3.63) is 28.3 Å². The Morgan fingerprint density at radius 1 is 1.27 bits per heavy atom. The third-order valence-electron chi connectivity index (χ3n) is 3.95. The molecule has 1 aromatic carbocycles. The van der Waals surface area contributed by atoms with Crippen LogP contribution in [0.1, 0.15) is 31.4 Å². The summed E-state index contributed by atoms with van der Waals surface area (Å²) in [4.78, 5) is 14.0. The quantitative estimate of drug-likeness (QED) is 0.753. The maximum absolute atomic E-state index is 12.4. The zero-order valence-corrected chi connectivity index (χ0v) is 14.9. The standard InChI is InChI=1S/C15H19Cl2NO3S/c1-3-11-5-6-13(16)12(4-2)15(11)18-8-10(7-14(18)19)9-22(17,20)21/h5-6,10H,3-4,7-9H2,1-2H3. The van der Waals surface area contributed by atoms with E-state index in [0.717, 1.165) is 23.2 Å². The van der Waals surface area contributed by atoms with E-state index >= 15 is 0 Å². The normalized spacial score (nSPS) is 19.0. The Bertz CT molecular complexity index is 688. The van der Waals surface area contributed by atoms with Gasteiger partial charge in [-0.3, -0.25) is 4.79 Å². The lowest BCUT2D eigenvalue weighted by Crippen LogP contribution is -2.27. The molecule has 1 aliphatic rings. The number of rotatable bonds is 5. The van der Waals surface area contributed by atoms with Gasteiger partial charge in [0, 0.05) is 34.6 Å². The van der Waals surface area contributed by atoms with Crippen LogP contribution < -0.4 is 4.90 Å². The Balaban J connectivity index is 2.40. The lowest BCUT2D eigenvalue weighted by molar-refractivity contribution is -0.117. The van der Waals surface area contributed by atoms with E-state index in [0.29, 0.717) is 18.0 Å². The lowest BCUT2D eigenvalue weighted by Gasteiger charge is -2.24. The minimum atomic E-state index is -3.61. The number of carbonyl (C=O) groups is 1. The molecule has 4 nitrogen and oxygen atoms in total. The van der Waals surface area contributed by atoms with Crippen LogP contribution in [0.15, 0.2) is 12.1 Å². The fraction of sp³-hybridized carbons (Fsp3) is 0.533. The summed E-state index contributed by atoms with van der Waals surface area (Å²) in [5.74, 6) is -0.527. The number of halogens is 2. The second-order valence-corrected chi connectivity index (χ2v) is 8.75. The van der Waals surface area contributed by atoms with Crippen molar-refractivity contribution in [2.75, 3.05) is 17.2 Å². The van der Waals surface area contributed by atoms with Gasteiger partial charge in [-0.15, -0.1) is 0 Å². The smallest absolute Gasteiger partial charge is 0.232 e. The molecule has 1 atom stereocenters. The van der Waals surface area contributed by atoms with Crippen LogP contribution in [0, 0.1) is 5.92 Å². The Kier molecular flexibility index (Phi) is 5.41. The number of hydrogen-bond donors (Lipinski definition) is 0. The molecule has 0 spiro atoms. The molecule has 0 radical (unpaired) electrons. The van der Waals surface area contributed by atoms with Gasteiger partial charge in [-0.05, 0) is 30.0 Å². The van der Waals surface area contributed by atoms with Crippen molar-refractivity contribution in [3.63, 3.8) is 0 Å². The maximum atomic E-state index is 12.4. The first-order valence-corrected chi connectivity index (χ1v) is 10.1. The molecule has 1 aromatic rings. The molecule has 0 aliphatic carbocycles. The van der Waals surface area contributed by atoms with Gasteiger partial charge in [-0.25, -0.2) is 8.42 Å². The first kappa shape index (κ1) is 17.6. The molecule has 1 fully saturated rings. The average molecular weight is 364 g/mol. The molecule has 1 amide bonds. The van der Waals surface area contributed by atoms with Crippen LogP contribution in [0.2, 0.25) is 5.02 Å². The lowest BCUT2D eigenvalue weighted by atomic mass is 10.0. The van der Waals surface area contributed by atoms with Gasteiger partial charge < -0.3 is 4.90 Å². The van der Waals surface area contributed by atoms with Gasteiger partial charge in [0.25, 0.3) is 0 Å². The Hall–Kier alpha value is -0.780. The number of amides is 1. The van der Waals surface area contributed by atoms with E-state index in [-0.39, 0.29) is 24.0 Å². The molecule has 0 N–H and O–H groups in total. The van der Waals surface area contributed by atoms with E-state index in [9.17, 15) is 13.2 Å². The summed E-state index contributed by atoms with van der Waals surface area (Å²) >= 11 is 6.27. The van der Waals surface area contributed by atoms with E-state index in [1.807, 2.05) is 26.0 Å². The van der Waals surface area contributed by atoms with Gasteiger partial charge in [0.15, 0.2) is 0 Å². The fourth-order valence-corrected chi connectivity index (χ4v) is 4.62. The van der Waals surface area contributed by atoms with Crippen molar-refractivity contribution in [1.29, 1.82) is 0 Å². The van der Waals surface area contributed by atoms with E-state index in [1.54, 1.807) is 4.90 Å². The molecule has 7 heteroatoms. The molecule has 1 unspecified atom stereocenters. The Morgan fingerprint density at radius 2 is 1.95 bits per heavy atom. The van der Waals surface area contributed by atoms with Crippen molar-refractivity contribution in [1.82, 2.24) is 0 Å². The number of hydrogen-bond acceptors (Lipinski definition) is 3. The van der Waals surface area contributed by atoms with E-state index in [4.69, 9.17) is 22.3 Å². The second-order valence-electron chi connectivity index (χ2n) is 5.52. The van der Waals surface area contributed by atoms with Crippen molar-refractivity contribution in [2.45, 2.75) is 33.1 Å². The average Bonchev–Trinajstić information content (AvgIpc) is 2.76. The second kappa shape index (κ2) is 6.77. The largest absolute Gasteiger partial charge is 0.311 e. The van der Waals surface area contributed by atoms with Crippen LogP contribution in [-0.2, 0) is 26.7 Å². The molecule has 1 heterocycles. The highest BCUT2D eigenvalue weighted by molar-refractivity contribution is 8.13. The number of nitrogens with zero attached hydrogens (tertiary/aromatic N) is 1. The monoisotopic (exact) mass is 363 g/mol. The van der Waals surface area contributed by atoms with Gasteiger partial charge in [0.05, 0.1) is 11.4 Å². The summed E-state index contributed by atoms with van der Waals surface area (Å²) in [5, 5.41) is 0.635. The highest BCUT2D eigenvalue weighted by Crippen LogP contribution is 2.36. The van der Waals surface area contributed by atoms with Gasteiger partial charge in [-0.1, -0.05) is 31.5 Å². The summed E-state index contributed by atoms with van der Waals surface area (Å²) in [6.45, 7) is 4.38. The van der Waals surface area contributed by atoms with Gasteiger partial charge in [-0.2, -0.15) is 0 Å². The number of aryl methyl sites for hydroxylation is 1. The number of benzene rings is 1. The Morgan fingerprint density at radius 3 is 2.50 bits per heavy atom. The van der Waals surface area contributed by atoms with Crippen molar-refractivity contribution >= 4 is 42.9 Å². The summed E-state index contributed by atoms with van der Waals surface area (Å²) in [6, 6.07) is 3.78. The third kappa shape index (κ3) is 3.76. The predicted molar refractivity (Wildman–Crippen MR) is 90.3 cm³/mol. The molecular formula is C15H19Cl2NO3S. The van der Waals surface area contributed by atoms with Gasteiger partial charge in [0.2, 0.25) is 15.0 Å². The molecular weight excluding hydrogens is 345 g/mol. The fourth-order valence-electron chi connectivity index (χ4n) is 3.01. The first-order chi connectivity index (χ1) is 10.3. The predicted octanol–water partition coefficient (Wildman–Crippen LogP) is 3.39. The Labute approximate surface area is 140 Å². The minimum absolute atomic E-state index is 0.0722. The number of carbonyl (C=O) groups excluding carboxylic acids is 1. The zero-order chi connectivity index (χ0) is 16.5. The highest BCUT2D eigenvalue weighted by atomic mass is 35.7. The molecule has 0 saturated carbocycles. The molecule has 0 aromatic heterocycles. The molecule has 22 heavy (non-hydrogen) atoms. The summed E-state index contributed by atoms with van der Waals surface area (Å²) in [6.07, 6.45) is 1.69. The zero-order valence-electron chi connectivity index (χ0n) is 12.6.